The quantitative estimate of drug-likeness (QED) is 0.406. The van der Waals surface area contributed by atoms with Crippen LogP contribution in [0.15, 0.2) is 23.3 Å². The number of esters is 2. The predicted molar refractivity (Wildman–Crippen MR) is 65.4 cm³/mol. The van der Waals surface area contributed by atoms with E-state index in [0.29, 0.717) is 24.0 Å². The number of carbonyl (C=O) groups is 2. The largest absolute Gasteiger partial charge is 0.466 e. The van der Waals surface area contributed by atoms with E-state index in [2.05, 4.69) is 11.3 Å². The lowest BCUT2D eigenvalue weighted by Gasteiger charge is -2.08. The summed E-state index contributed by atoms with van der Waals surface area (Å²) in [5.74, 6) is -0.724. The van der Waals surface area contributed by atoms with Crippen LogP contribution in [-0.2, 0) is 19.1 Å². The molecular formula is C13H20O4. The summed E-state index contributed by atoms with van der Waals surface area (Å²) in [6.45, 7) is 9.06. The Morgan fingerprint density at radius 3 is 2.12 bits per heavy atom. The van der Waals surface area contributed by atoms with Crippen molar-refractivity contribution in [1.82, 2.24) is 0 Å². The first-order valence-electron chi connectivity index (χ1n) is 5.47. The van der Waals surface area contributed by atoms with E-state index >= 15 is 0 Å². The normalized spacial score (nSPS) is 9.41. The van der Waals surface area contributed by atoms with E-state index in [1.54, 1.807) is 6.92 Å². The summed E-state index contributed by atoms with van der Waals surface area (Å²) in [4.78, 5) is 22.5. The molecule has 0 aromatic rings. The van der Waals surface area contributed by atoms with Crippen LogP contribution in [0.5, 0.6) is 0 Å². The summed E-state index contributed by atoms with van der Waals surface area (Å²) >= 11 is 0. The molecule has 0 N–H and O–H groups in total. The predicted octanol–water partition coefficient (Wildman–Crippen LogP) is 2.40. The van der Waals surface area contributed by atoms with Gasteiger partial charge in [0.2, 0.25) is 0 Å². The molecule has 0 saturated carbocycles. The monoisotopic (exact) mass is 240 g/mol. The molecule has 0 aliphatic rings. The Hall–Kier alpha value is -1.58. The van der Waals surface area contributed by atoms with Crippen LogP contribution in [0, 0.1) is 0 Å². The van der Waals surface area contributed by atoms with E-state index in [1.165, 1.54) is 7.11 Å². The second-order valence-corrected chi connectivity index (χ2v) is 3.99. The second kappa shape index (κ2) is 7.65. The van der Waals surface area contributed by atoms with Gasteiger partial charge in [-0.05, 0) is 33.6 Å². The number of methoxy groups -OCH3 is 1. The fraction of sp³-hybridized carbons (Fsp3) is 0.538. The van der Waals surface area contributed by atoms with E-state index in [0.717, 1.165) is 5.57 Å². The second-order valence-electron chi connectivity index (χ2n) is 3.99. The molecule has 0 bridgehead atoms. The Bertz CT molecular complexity index is 335. The maximum Gasteiger partial charge on any atom is 0.333 e. The van der Waals surface area contributed by atoms with Gasteiger partial charge >= 0.3 is 11.9 Å². The highest BCUT2D eigenvalue weighted by Gasteiger charge is 2.11. The minimum absolute atomic E-state index is 0.277. The fourth-order valence-corrected chi connectivity index (χ4v) is 1.22. The first-order valence-corrected chi connectivity index (χ1v) is 5.47. The van der Waals surface area contributed by atoms with Crippen LogP contribution in [0.3, 0.4) is 0 Å². The molecule has 0 unspecified atom stereocenters. The van der Waals surface area contributed by atoms with Crippen LogP contribution in [0.25, 0.3) is 0 Å². The molecule has 0 saturated heterocycles. The Labute approximate surface area is 102 Å². The van der Waals surface area contributed by atoms with E-state index in [9.17, 15) is 9.59 Å². The minimum atomic E-state index is -0.401. The van der Waals surface area contributed by atoms with Gasteiger partial charge in [0.1, 0.15) is 0 Å². The summed E-state index contributed by atoms with van der Waals surface area (Å²) in [7, 11) is 1.35. The van der Waals surface area contributed by atoms with Crippen molar-refractivity contribution in [2.45, 2.75) is 33.6 Å². The highest BCUT2D eigenvalue weighted by molar-refractivity contribution is 5.89. The van der Waals surface area contributed by atoms with E-state index in [-0.39, 0.29) is 12.6 Å². The molecule has 0 amide bonds. The molecule has 0 heterocycles. The maximum absolute atomic E-state index is 11.4. The van der Waals surface area contributed by atoms with Gasteiger partial charge < -0.3 is 9.47 Å². The number of rotatable bonds is 6. The van der Waals surface area contributed by atoms with Gasteiger partial charge in [0.05, 0.1) is 13.7 Å². The molecule has 0 aliphatic heterocycles. The summed E-state index contributed by atoms with van der Waals surface area (Å²) in [6.07, 6.45) is 1.13. The van der Waals surface area contributed by atoms with Gasteiger partial charge in [-0.1, -0.05) is 12.2 Å². The lowest BCUT2D eigenvalue weighted by atomic mass is 10.1. The first kappa shape index (κ1) is 15.4. The molecular weight excluding hydrogens is 220 g/mol. The molecule has 0 aliphatic carbocycles. The highest BCUT2D eigenvalue weighted by Crippen LogP contribution is 2.12. The van der Waals surface area contributed by atoms with Crippen molar-refractivity contribution in [2.75, 3.05) is 13.7 Å². The van der Waals surface area contributed by atoms with Crippen molar-refractivity contribution in [1.29, 1.82) is 0 Å². The van der Waals surface area contributed by atoms with Gasteiger partial charge in [0, 0.05) is 11.1 Å². The van der Waals surface area contributed by atoms with Crippen molar-refractivity contribution in [3.8, 4) is 0 Å². The van der Waals surface area contributed by atoms with Gasteiger partial charge in [-0.15, -0.1) is 0 Å². The minimum Gasteiger partial charge on any atom is -0.466 e. The summed E-state index contributed by atoms with van der Waals surface area (Å²) in [6, 6.07) is 0. The number of hydrogen-bond donors (Lipinski definition) is 0. The standard InChI is InChI=1S/C13H20O4/c1-9(2)11(13(15)16-5)7-6-8-17-12(14)10(3)4/h3,6-8H2,1-2,4-5H3. The maximum atomic E-state index is 11.4. The first-order chi connectivity index (χ1) is 7.90. The third-order valence-corrected chi connectivity index (χ3v) is 2.19. The summed E-state index contributed by atoms with van der Waals surface area (Å²) in [5, 5.41) is 0. The van der Waals surface area contributed by atoms with Crippen molar-refractivity contribution in [3.05, 3.63) is 23.3 Å². The number of ether oxygens (including phenoxy) is 2. The van der Waals surface area contributed by atoms with Gasteiger partial charge in [0.25, 0.3) is 0 Å². The average molecular weight is 240 g/mol. The fourth-order valence-electron chi connectivity index (χ4n) is 1.22. The van der Waals surface area contributed by atoms with Crippen LogP contribution < -0.4 is 0 Å². The Balaban J connectivity index is 4.10. The average Bonchev–Trinajstić information content (AvgIpc) is 2.27. The van der Waals surface area contributed by atoms with Gasteiger partial charge in [-0.3, -0.25) is 0 Å². The van der Waals surface area contributed by atoms with Crippen LogP contribution in [0.4, 0.5) is 0 Å². The van der Waals surface area contributed by atoms with E-state index < -0.39 is 5.97 Å². The van der Waals surface area contributed by atoms with Gasteiger partial charge in [-0.25, -0.2) is 9.59 Å². The zero-order valence-electron chi connectivity index (χ0n) is 11.0. The van der Waals surface area contributed by atoms with Crippen molar-refractivity contribution in [3.63, 3.8) is 0 Å². The molecule has 96 valence electrons. The molecule has 0 radical (unpaired) electrons. The highest BCUT2D eigenvalue weighted by atomic mass is 16.5. The summed E-state index contributed by atoms with van der Waals surface area (Å²) < 4.78 is 9.61. The molecule has 0 atom stereocenters. The lowest BCUT2D eigenvalue weighted by molar-refractivity contribution is -0.139. The van der Waals surface area contributed by atoms with E-state index in [1.807, 2.05) is 13.8 Å². The molecule has 0 aromatic carbocycles. The topological polar surface area (TPSA) is 52.6 Å². The third-order valence-electron chi connectivity index (χ3n) is 2.19. The molecule has 4 nitrogen and oxygen atoms in total. The number of hydrogen-bond acceptors (Lipinski definition) is 4. The summed E-state index contributed by atoms with van der Waals surface area (Å²) in [5.41, 5.74) is 1.93. The molecule has 0 rings (SSSR count). The molecule has 0 fully saturated rings. The van der Waals surface area contributed by atoms with E-state index in [4.69, 9.17) is 4.74 Å². The van der Waals surface area contributed by atoms with Gasteiger partial charge in [0.15, 0.2) is 0 Å². The molecule has 0 spiro atoms. The van der Waals surface area contributed by atoms with Crippen LogP contribution in [-0.4, -0.2) is 25.7 Å². The van der Waals surface area contributed by atoms with Crippen LogP contribution >= 0.6 is 0 Å². The smallest absolute Gasteiger partial charge is 0.333 e. The Morgan fingerprint density at radius 2 is 1.71 bits per heavy atom. The number of carbonyl (C=O) groups excluding carboxylic acids is 2. The van der Waals surface area contributed by atoms with Crippen LogP contribution in [0.1, 0.15) is 33.6 Å². The third kappa shape index (κ3) is 5.90. The van der Waals surface area contributed by atoms with Crippen molar-refractivity contribution < 1.29 is 19.1 Å². The lowest BCUT2D eigenvalue weighted by Crippen LogP contribution is -2.10. The van der Waals surface area contributed by atoms with Gasteiger partial charge in [-0.2, -0.15) is 0 Å². The zero-order valence-corrected chi connectivity index (χ0v) is 11.0. The molecule has 0 aromatic heterocycles. The van der Waals surface area contributed by atoms with Crippen molar-refractivity contribution >= 4 is 11.9 Å². The van der Waals surface area contributed by atoms with Crippen molar-refractivity contribution in [2.24, 2.45) is 0 Å². The Kier molecular flexibility index (Phi) is 6.94. The SMILES string of the molecule is C=C(C)C(=O)OCCCC(C(=O)OC)=C(C)C. The molecule has 4 heteroatoms. The number of allylic oxidation sites excluding steroid dienone is 1. The Morgan fingerprint density at radius 1 is 1.12 bits per heavy atom. The zero-order chi connectivity index (χ0) is 13.4. The van der Waals surface area contributed by atoms with Crippen LogP contribution in [0.2, 0.25) is 0 Å². The molecule has 17 heavy (non-hydrogen) atoms.